The Balaban J connectivity index is 1.78. The Hall–Kier alpha value is -1.54. The molecule has 0 saturated carbocycles. The van der Waals surface area contributed by atoms with E-state index in [-0.39, 0.29) is 6.04 Å². The second-order valence-corrected chi connectivity index (χ2v) is 6.31. The van der Waals surface area contributed by atoms with Crippen LogP contribution in [0.2, 0.25) is 0 Å². The van der Waals surface area contributed by atoms with E-state index in [1.54, 1.807) is 0 Å². The first-order valence-electron chi connectivity index (χ1n) is 7.66. The van der Waals surface area contributed by atoms with Crippen LogP contribution in [0.1, 0.15) is 60.9 Å². The number of aromatic nitrogens is 1. The highest BCUT2D eigenvalue weighted by Crippen LogP contribution is 2.28. The zero-order chi connectivity index (χ0) is 14.1. The predicted octanol–water partition coefficient (Wildman–Crippen LogP) is 4.00. The van der Waals surface area contributed by atoms with Gasteiger partial charge < -0.3 is 10.3 Å². The molecule has 1 aromatic carbocycles. The van der Waals surface area contributed by atoms with Crippen molar-refractivity contribution in [3.63, 3.8) is 0 Å². The minimum Gasteiger partial charge on any atom is -0.349 e. The molecule has 2 nitrogen and oxygen atoms in total. The van der Waals surface area contributed by atoms with E-state index in [0.29, 0.717) is 5.92 Å². The average Bonchev–Trinajstić information content (AvgIpc) is 2.83. The summed E-state index contributed by atoms with van der Waals surface area (Å²) in [6, 6.07) is 9.22. The summed E-state index contributed by atoms with van der Waals surface area (Å²) in [7, 11) is 0. The fourth-order valence-corrected chi connectivity index (χ4v) is 3.09. The zero-order valence-electron chi connectivity index (χ0n) is 12.5. The summed E-state index contributed by atoms with van der Waals surface area (Å²) < 4.78 is 2.29. The van der Waals surface area contributed by atoms with Crippen molar-refractivity contribution in [1.29, 1.82) is 0 Å². The smallest absolute Gasteiger partial charge is 0.0470 e. The summed E-state index contributed by atoms with van der Waals surface area (Å²) in [5.41, 5.74) is 11.8. The molecule has 106 valence electrons. The highest BCUT2D eigenvalue weighted by molar-refractivity contribution is 5.31. The number of nitrogens with zero attached hydrogens (tertiary/aromatic N) is 1. The van der Waals surface area contributed by atoms with E-state index >= 15 is 0 Å². The second kappa shape index (κ2) is 5.45. The Morgan fingerprint density at radius 2 is 1.95 bits per heavy atom. The minimum absolute atomic E-state index is 0.239. The van der Waals surface area contributed by atoms with Crippen molar-refractivity contribution in [2.24, 2.45) is 5.73 Å². The van der Waals surface area contributed by atoms with E-state index in [4.69, 9.17) is 5.73 Å². The van der Waals surface area contributed by atoms with Crippen LogP contribution in [0.5, 0.6) is 0 Å². The molecule has 2 heteroatoms. The average molecular weight is 268 g/mol. The van der Waals surface area contributed by atoms with Crippen LogP contribution in [0.3, 0.4) is 0 Å². The molecule has 0 spiro atoms. The van der Waals surface area contributed by atoms with Crippen molar-refractivity contribution in [3.8, 4) is 0 Å². The SMILES string of the molecule is CC(C)c1ccc(Cn2cc3c(c2)C(N)CCC3)cc1. The topological polar surface area (TPSA) is 30.9 Å². The van der Waals surface area contributed by atoms with E-state index in [9.17, 15) is 0 Å². The molecule has 1 aromatic heterocycles. The first-order valence-corrected chi connectivity index (χ1v) is 7.66. The molecule has 0 saturated heterocycles. The molecule has 0 amide bonds. The molecule has 2 aromatic rings. The van der Waals surface area contributed by atoms with Gasteiger partial charge in [-0.15, -0.1) is 0 Å². The van der Waals surface area contributed by atoms with Crippen molar-refractivity contribution in [1.82, 2.24) is 4.57 Å². The lowest BCUT2D eigenvalue weighted by Gasteiger charge is -2.17. The van der Waals surface area contributed by atoms with Gasteiger partial charge in [0.25, 0.3) is 0 Å². The third-order valence-corrected chi connectivity index (χ3v) is 4.37. The first-order chi connectivity index (χ1) is 9.63. The molecule has 0 fully saturated rings. The molecule has 2 N–H and O–H groups in total. The standard InChI is InChI=1S/C18H24N2/c1-13(2)15-8-6-14(7-9-15)10-20-11-16-4-3-5-18(19)17(16)12-20/h6-9,11-13,18H,3-5,10,19H2,1-2H3. The van der Waals surface area contributed by atoms with Gasteiger partial charge >= 0.3 is 0 Å². The molecule has 1 atom stereocenters. The number of fused-ring (bicyclic) bond motifs is 1. The highest BCUT2D eigenvalue weighted by Gasteiger charge is 2.18. The lowest BCUT2D eigenvalue weighted by Crippen LogP contribution is -2.15. The van der Waals surface area contributed by atoms with Crippen LogP contribution in [0, 0.1) is 0 Å². The van der Waals surface area contributed by atoms with Gasteiger partial charge in [0.1, 0.15) is 0 Å². The molecule has 0 radical (unpaired) electrons. The van der Waals surface area contributed by atoms with Gasteiger partial charge in [0.05, 0.1) is 0 Å². The highest BCUT2D eigenvalue weighted by atomic mass is 14.9. The molecule has 0 aliphatic heterocycles. The van der Waals surface area contributed by atoms with E-state index in [1.807, 2.05) is 0 Å². The second-order valence-electron chi connectivity index (χ2n) is 6.31. The number of nitrogens with two attached hydrogens (primary N) is 1. The van der Waals surface area contributed by atoms with Gasteiger partial charge in [-0.1, -0.05) is 38.1 Å². The maximum absolute atomic E-state index is 6.19. The number of hydrogen-bond donors (Lipinski definition) is 1. The normalized spacial score (nSPS) is 18.3. The first kappa shape index (κ1) is 13.4. The van der Waals surface area contributed by atoms with Crippen molar-refractivity contribution < 1.29 is 0 Å². The molecule has 20 heavy (non-hydrogen) atoms. The summed E-state index contributed by atoms with van der Waals surface area (Å²) in [4.78, 5) is 0. The molecule has 1 heterocycles. The summed E-state index contributed by atoms with van der Waals surface area (Å²) in [5.74, 6) is 0.598. The van der Waals surface area contributed by atoms with E-state index in [2.05, 4.69) is 55.1 Å². The summed E-state index contributed by atoms with van der Waals surface area (Å²) in [5, 5.41) is 0. The number of benzene rings is 1. The van der Waals surface area contributed by atoms with Crippen LogP contribution in [-0.2, 0) is 13.0 Å². The third-order valence-electron chi connectivity index (χ3n) is 4.37. The molecule has 0 bridgehead atoms. The van der Waals surface area contributed by atoms with Gasteiger partial charge in [0.15, 0.2) is 0 Å². The van der Waals surface area contributed by atoms with Crippen LogP contribution in [0.15, 0.2) is 36.7 Å². The molecule has 1 aliphatic rings. The van der Waals surface area contributed by atoms with Crippen LogP contribution in [-0.4, -0.2) is 4.57 Å². The third kappa shape index (κ3) is 2.66. The van der Waals surface area contributed by atoms with Crippen molar-refractivity contribution in [2.45, 2.75) is 51.6 Å². The van der Waals surface area contributed by atoms with E-state index in [0.717, 1.165) is 13.0 Å². The van der Waals surface area contributed by atoms with Crippen LogP contribution >= 0.6 is 0 Å². The van der Waals surface area contributed by atoms with E-state index in [1.165, 1.54) is 35.1 Å². The minimum atomic E-state index is 0.239. The monoisotopic (exact) mass is 268 g/mol. The Morgan fingerprint density at radius 3 is 2.60 bits per heavy atom. The van der Waals surface area contributed by atoms with Gasteiger partial charge in [0.2, 0.25) is 0 Å². The maximum atomic E-state index is 6.19. The zero-order valence-corrected chi connectivity index (χ0v) is 12.5. The van der Waals surface area contributed by atoms with Crippen LogP contribution in [0.4, 0.5) is 0 Å². The van der Waals surface area contributed by atoms with Gasteiger partial charge in [-0.2, -0.15) is 0 Å². The van der Waals surface area contributed by atoms with Crippen LogP contribution < -0.4 is 5.73 Å². The van der Waals surface area contributed by atoms with Crippen molar-refractivity contribution in [2.75, 3.05) is 0 Å². The number of rotatable bonds is 3. The quantitative estimate of drug-likeness (QED) is 0.896. The largest absolute Gasteiger partial charge is 0.349 e. The molecule has 1 aliphatic carbocycles. The lowest BCUT2D eigenvalue weighted by molar-refractivity contribution is 0.573. The number of aryl methyl sites for hydroxylation is 1. The Labute approximate surface area is 121 Å². The summed E-state index contributed by atoms with van der Waals surface area (Å²) in [6.07, 6.45) is 8.06. The maximum Gasteiger partial charge on any atom is 0.0470 e. The fourth-order valence-electron chi connectivity index (χ4n) is 3.09. The molecule has 1 unspecified atom stereocenters. The molecular weight excluding hydrogens is 244 g/mol. The van der Waals surface area contributed by atoms with Gasteiger partial charge in [-0.3, -0.25) is 0 Å². The number of hydrogen-bond acceptors (Lipinski definition) is 1. The van der Waals surface area contributed by atoms with Crippen LogP contribution in [0.25, 0.3) is 0 Å². The van der Waals surface area contributed by atoms with E-state index < -0.39 is 0 Å². The predicted molar refractivity (Wildman–Crippen MR) is 83.9 cm³/mol. The van der Waals surface area contributed by atoms with Gasteiger partial charge in [-0.05, 0) is 47.4 Å². The van der Waals surface area contributed by atoms with Crippen molar-refractivity contribution in [3.05, 3.63) is 58.9 Å². The Morgan fingerprint density at radius 1 is 1.20 bits per heavy atom. The Kier molecular flexibility index (Phi) is 3.66. The Bertz CT molecular complexity index is 578. The van der Waals surface area contributed by atoms with Crippen molar-refractivity contribution >= 4 is 0 Å². The summed E-state index contributed by atoms with van der Waals surface area (Å²) >= 11 is 0. The fraction of sp³-hybridized carbons (Fsp3) is 0.444. The molecule has 3 rings (SSSR count). The van der Waals surface area contributed by atoms with Gasteiger partial charge in [-0.25, -0.2) is 0 Å². The van der Waals surface area contributed by atoms with Gasteiger partial charge in [0, 0.05) is 25.0 Å². The lowest BCUT2D eigenvalue weighted by atomic mass is 9.92. The molecular formula is C18H24N2. The summed E-state index contributed by atoms with van der Waals surface area (Å²) in [6.45, 7) is 5.41.